The molecule has 0 radical (unpaired) electrons. The Bertz CT molecular complexity index is 985. The standard InChI is InChI=1S/C19H17F4N5O/c20-13-7-11(6-12(9-13)19(21,22)23)8-15-10-14(3-5-25-15)27-16-2-1-4-26-18(29)17(16)28-24/h3,5-7,9-10H,1-2,4,8,24H2,(H,26,29)/b27-16?,28-17+. The van der Waals surface area contributed by atoms with Gasteiger partial charge in [-0.2, -0.15) is 18.3 Å². The molecule has 2 aromatic rings. The van der Waals surface area contributed by atoms with E-state index in [1.165, 1.54) is 6.20 Å². The first kappa shape index (κ1) is 20.4. The van der Waals surface area contributed by atoms with Crippen molar-refractivity contribution in [1.82, 2.24) is 10.3 Å². The second-order valence-corrected chi connectivity index (χ2v) is 6.42. The molecule has 0 atom stereocenters. The minimum Gasteiger partial charge on any atom is -0.351 e. The van der Waals surface area contributed by atoms with E-state index in [-0.39, 0.29) is 17.7 Å². The Kier molecular flexibility index (Phi) is 5.90. The quantitative estimate of drug-likeness (QED) is 0.465. The van der Waals surface area contributed by atoms with Gasteiger partial charge in [0.05, 0.1) is 17.0 Å². The number of carbonyl (C=O) groups is 1. The Morgan fingerprint density at radius 2 is 2.00 bits per heavy atom. The highest BCUT2D eigenvalue weighted by molar-refractivity contribution is 6.67. The summed E-state index contributed by atoms with van der Waals surface area (Å²) in [6, 6.07) is 5.51. The lowest BCUT2D eigenvalue weighted by Crippen LogP contribution is -2.33. The summed E-state index contributed by atoms with van der Waals surface area (Å²) in [6.07, 6.45) is -2.08. The molecule has 152 valence electrons. The van der Waals surface area contributed by atoms with Crippen LogP contribution in [0.5, 0.6) is 0 Å². The lowest BCUT2D eigenvalue weighted by molar-refractivity contribution is -0.137. The van der Waals surface area contributed by atoms with E-state index in [0.717, 1.165) is 12.1 Å². The summed E-state index contributed by atoms with van der Waals surface area (Å²) < 4.78 is 52.3. The zero-order valence-corrected chi connectivity index (χ0v) is 15.1. The molecule has 0 spiro atoms. The number of hydrogen-bond acceptors (Lipinski definition) is 5. The minimum atomic E-state index is -4.64. The van der Waals surface area contributed by atoms with E-state index < -0.39 is 23.5 Å². The normalized spacial score (nSPS) is 18.0. The Balaban J connectivity index is 1.89. The van der Waals surface area contributed by atoms with E-state index in [0.29, 0.717) is 42.5 Å². The lowest BCUT2D eigenvalue weighted by Gasteiger charge is -2.10. The highest BCUT2D eigenvalue weighted by Gasteiger charge is 2.31. The third kappa shape index (κ3) is 5.15. The summed E-state index contributed by atoms with van der Waals surface area (Å²) in [7, 11) is 0. The predicted molar refractivity (Wildman–Crippen MR) is 99.4 cm³/mol. The molecule has 3 N–H and O–H groups in total. The van der Waals surface area contributed by atoms with E-state index in [9.17, 15) is 22.4 Å². The van der Waals surface area contributed by atoms with Crippen molar-refractivity contribution in [2.24, 2.45) is 15.9 Å². The van der Waals surface area contributed by atoms with Crippen molar-refractivity contribution in [2.75, 3.05) is 6.54 Å². The molecule has 0 unspecified atom stereocenters. The molecule has 0 bridgehead atoms. The third-order valence-corrected chi connectivity index (χ3v) is 4.23. The Morgan fingerprint density at radius 1 is 1.21 bits per heavy atom. The number of hydrazone groups is 1. The van der Waals surface area contributed by atoms with Crippen LogP contribution >= 0.6 is 0 Å². The molecule has 1 amide bonds. The van der Waals surface area contributed by atoms with Gasteiger partial charge < -0.3 is 11.2 Å². The van der Waals surface area contributed by atoms with Crippen molar-refractivity contribution in [2.45, 2.75) is 25.4 Å². The van der Waals surface area contributed by atoms with Crippen LogP contribution in [0.1, 0.15) is 29.7 Å². The number of pyridine rings is 1. The van der Waals surface area contributed by atoms with Crippen LogP contribution in [0, 0.1) is 5.82 Å². The number of carbonyl (C=O) groups excluding carboxylic acids is 1. The number of nitrogens with two attached hydrogens (primary N) is 1. The number of aromatic nitrogens is 1. The molecule has 1 aromatic heterocycles. The molecule has 3 rings (SSSR count). The maximum Gasteiger partial charge on any atom is 0.416 e. The molecular weight excluding hydrogens is 390 g/mol. The van der Waals surface area contributed by atoms with Gasteiger partial charge >= 0.3 is 6.18 Å². The lowest BCUT2D eigenvalue weighted by atomic mass is 10.0. The molecule has 1 fully saturated rings. The zero-order chi connectivity index (χ0) is 21.0. The Labute approximate surface area is 163 Å². The topological polar surface area (TPSA) is 92.7 Å². The van der Waals surface area contributed by atoms with Crippen LogP contribution in [-0.2, 0) is 17.4 Å². The van der Waals surface area contributed by atoms with Gasteiger partial charge in [-0.25, -0.2) is 4.39 Å². The molecule has 1 aliphatic rings. The first-order chi connectivity index (χ1) is 13.8. The summed E-state index contributed by atoms with van der Waals surface area (Å²) in [5, 5.41) is 6.17. The third-order valence-electron chi connectivity index (χ3n) is 4.23. The van der Waals surface area contributed by atoms with Gasteiger partial charge in [0.25, 0.3) is 5.91 Å². The largest absolute Gasteiger partial charge is 0.416 e. The number of nitrogens with zero attached hydrogens (tertiary/aromatic N) is 3. The van der Waals surface area contributed by atoms with Crippen LogP contribution in [0.4, 0.5) is 23.2 Å². The number of nitrogens with one attached hydrogen (secondary N) is 1. The fourth-order valence-corrected chi connectivity index (χ4v) is 2.95. The molecule has 10 heteroatoms. The van der Waals surface area contributed by atoms with Gasteiger partial charge in [-0.05, 0) is 48.7 Å². The SMILES string of the molecule is N/N=C1/C(=O)NCCCC1=Nc1ccnc(Cc2cc(F)cc(C(F)(F)F)c2)c1. The summed E-state index contributed by atoms with van der Waals surface area (Å²) in [5.41, 5.74) is 0.346. The molecule has 1 aliphatic heterocycles. The predicted octanol–water partition coefficient (Wildman–Crippen LogP) is 3.13. The van der Waals surface area contributed by atoms with Crippen molar-refractivity contribution in [3.05, 3.63) is 59.2 Å². The van der Waals surface area contributed by atoms with Crippen molar-refractivity contribution < 1.29 is 22.4 Å². The van der Waals surface area contributed by atoms with E-state index in [4.69, 9.17) is 5.84 Å². The van der Waals surface area contributed by atoms with E-state index >= 15 is 0 Å². The van der Waals surface area contributed by atoms with Crippen molar-refractivity contribution in [3.63, 3.8) is 0 Å². The van der Waals surface area contributed by atoms with Gasteiger partial charge in [-0.3, -0.25) is 14.8 Å². The average molecular weight is 407 g/mol. The number of halogens is 4. The van der Waals surface area contributed by atoms with Crippen LogP contribution in [0.25, 0.3) is 0 Å². The molecule has 1 aromatic carbocycles. The van der Waals surface area contributed by atoms with Crippen LogP contribution in [0.3, 0.4) is 0 Å². The summed E-state index contributed by atoms with van der Waals surface area (Å²) in [6.45, 7) is 0.472. The Morgan fingerprint density at radius 3 is 2.72 bits per heavy atom. The van der Waals surface area contributed by atoms with Gasteiger partial charge in [0.2, 0.25) is 0 Å². The average Bonchev–Trinajstić information content (AvgIpc) is 2.81. The number of hydrogen-bond donors (Lipinski definition) is 2. The second-order valence-electron chi connectivity index (χ2n) is 6.42. The van der Waals surface area contributed by atoms with Crippen molar-refractivity contribution in [1.29, 1.82) is 0 Å². The monoisotopic (exact) mass is 407 g/mol. The maximum atomic E-state index is 13.6. The van der Waals surface area contributed by atoms with Crippen LogP contribution in [0.15, 0.2) is 46.6 Å². The van der Waals surface area contributed by atoms with E-state index in [1.54, 1.807) is 12.1 Å². The molecule has 0 aliphatic carbocycles. The van der Waals surface area contributed by atoms with Gasteiger partial charge in [0, 0.05) is 24.9 Å². The minimum absolute atomic E-state index is 0.0160. The smallest absolute Gasteiger partial charge is 0.351 e. The first-order valence-electron chi connectivity index (χ1n) is 8.72. The fraction of sp³-hybridized carbons (Fsp3) is 0.263. The summed E-state index contributed by atoms with van der Waals surface area (Å²) in [5.74, 6) is 3.92. The van der Waals surface area contributed by atoms with Gasteiger partial charge in [-0.1, -0.05) is 0 Å². The number of amides is 1. The highest BCUT2D eigenvalue weighted by Crippen LogP contribution is 2.31. The van der Waals surface area contributed by atoms with Gasteiger partial charge in [-0.15, -0.1) is 0 Å². The maximum absolute atomic E-state index is 13.6. The highest BCUT2D eigenvalue weighted by atomic mass is 19.4. The van der Waals surface area contributed by atoms with E-state index in [2.05, 4.69) is 20.4 Å². The zero-order valence-electron chi connectivity index (χ0n) is 15.1. The molecule has 1 saturated heterocycles. The van der Waals surface area contributed by atoms with Crippen LogP contribution < -0.4 is 11.2 Å². The van der Waals surface area contributed by atoms with E-state index in [1.807, 2.05) is 0 Å². The molecule has 2 heterocycles. The molecular formula is C19H17F4N5O. The number of rotatable bonds is 3. The molecule has 29 heavy (non-hydrogen) atoms. The van der Waals surface area contributed by atoms with Gasteiger partial charge in [0.15, 0.2) is 5.71 Å². The first-order valence-corrected chi connectivity index (χ1v) is 8.72. The van der Waals surface area contributed by atoms with Crippen molar-refractivity contribution >= 4 is 23.0 Å². The van der Waals surface area contributed by atoms with Crippen LogP contribution in [0.2, 0.25) is 0 Å². The summed E-state index contributed by atoms with van der Waals surface area (Å²) in [4.78, 5) is 20.5. The number of alkyl halides is 3. The number of benzene rings is 1. The number of aliphatic imine (C=N–C) groups is 1. The van der Waals surface area contributed by atoms with Gasteiger partial charge in [0.1, 0.15) is 5.82 Å². The van der Waals surface area contributed by atoms with Crippen molar-refractivity contribution in [3.8, 4) is 0 Å². The second kappa shape index (κ2) is 8.38. The molecule has 0 saturated carbocycles. The Hall–Kier alpha value is -3.30. The fourth-order valence-electron chi connectivity index (χ4n) is 2.95. The van der Waals surface area contributed by atoms with Crippen LogP contribution in [-0.4, -0.2) is 28.9 Å². The summed E-state index contributed by atoms with van der Waals surface area (Å²) >= 11 is 0. The molecule has 6 nitrogen and oxygen atoms in total.